The molecule has 0 saturated carbocycles. The maximum atomic E-state index is 5.44. The molecule has 0 aromatic carbocycles. The summed E-state index contributed by atoms with van der Waals surface area (Å²) in [6.45, 7) is 0.891. The second kappa shape index (κ2) is 5.04. The molecule has 0 atom stereocenters. The van der Waals surface area contributed by atoms with Crippen LogP contribution in [-0.4, -0.2) is 10.9 Å². The molecule has 0 N–H and O–H groups in total. The number of rotatable bonds is 4. The van der Waals surface area contributed by atoms with Crippen LogP contribution in [0.5, 0.6) is 0 Å². The van der Waals surface area contributed by atoms with E-state index >= 15 is 0 Å². The third-order valence-electron chi connectivity index (χ3n) is 1.38. The first-order chi connectivity index (χ1) is 4.93. The minimum atomic E-state index is -0.120. The fourth-order valence-corrected chi connectivity index (χ4v) is 1.68. The number of hydrogen-bond donors (Lipinski definition) is 0. The van der Waals surface area contributed by atoms with Crippen molar-refractivity contribution in [3.8, 4) is 0 Å². The van der Waals surface area contributed by atoms with E-state index in [0.29, 0.717) is 5.92 Å². The normalized spacial score (nSPS) is 16.5. The standard InChI is InChI=1S/C7H9O.CH3.Zr/c1-8-6-7-4-2-3-5-7;;/h2-5,7H,1,6H2;1H3;. The summed E-state index contributed by atoms with van der Waals surface area (Å²) in [4.78, 5) is 0. The van der Waals surface area contributed by atoms with Crippen molar-refractivity contribution in [2.75, 3.05) is 10.9 Å². The molecule has 10 heavy (non-hydrogen) atoms. The van der Waals surface area contributed by atoms with Gasteiger partial charge in [0.2, 0.25) is 0 Å². The van der Waals surface area contributed by atoms with E-state index in [9.17, 15) is 0 Å². The number of hydrogen-bond acceptors (Lipinski definition) is 1. The zero-order valence-electron chi connectivity index (χ0n) is 6.21. The van der Waals surface area contributed by atoms with Gasteiger partial charge in [0.25, 0.3) is 0 Å². The van der Waals surface area contributed by atoms with Crippen LogP contribution in [0.3, 0.4) is 0 Å². The summed E-state index contributed by atoms with van der Waals surface area (Å²) in [7, 11) is 0. The molecule has 0 saturated heterocycles. The SMILES string of the molecule is [CH3][Zr][CH2]OCC1C=CC=C1. The summed E-state index contributed by atoms with van der Waals surface area (Å²) >= 11 is -0.120. The van der Waals surface area contributed by atoms with Gasteiger partial charge in [-0.15, -0.1) is 0 Å². The fourth-order valence-electron chi connectivity index (χ4n) is 0.886. The Labute approximate surface area is 73.7 Å². The summed E-state index contributed by atoms with van der Waals surface area (Å²) in [6, 6.07) is 0. The Kier molecular flexibility index (Phi) is 4.24. The molecule has 0 aliphatic heterocycles. The van der Waals surface area contributed by atoms with Crippen molar-refractivity contribution in [3.05, 3.63) is 24.3 Å². The van der Waals surface area contributed by atoms with Gasteiger partial charge >= 0.3 is 73.7 Å². The molecule has 0 fully saturated rings. The average molecular weight is 215 g/mol. The summed E-state index contributed by atoms with van der Waals surface area (Å²) in [5, 5.41) is 0. The van der Waals surface area contributed by atoms with Crippen molar-refractivity contribution >= 4 is 0 Å². The molecule has 0 unspecified atom stereocenters. The molecular formula is C8H12OZr. The minimum absolute atomic E-state index is 0.120. The Bertz CT molecular complexity index is 128. The fraction of sp³-hybridized carbons (Fsp3) is 0.500. The van der Waals surface area contributed by atoms with Crippen molar-refractivity contribution in [1.82, 2.24) is 0 Å². The summed E-state index contributed by atoms with van der Waals surface area (Å²) in [5.74, 6) is 0.561. The van der Waals surface area contributed by atoms with Gasteiger partial charge in [0, 0.05) is 0 Å². The van der Waals surface area contributed by atoms with Gasteiger partial charge < -0.3 is 0 Å². The van der Waals surface area contributed by atoms with Crippen LogP contribution in [0.2, 0.25) is 4.63 Å². The van der Waals surface area contributed by atoms with Gasteiger partial charge in [0.1, 0.15) is 0 Å². The van der Waals surface area contributed by atoms with Crippen LogP contribution in [0, 0.1) is 5.92 Å². The molecule has 54 valence electrons. The van der Waals surface area contributed by atoms with E-state index in [1.165, 1.54) is 0 Å². The van der Waals surface area contributed by atoms with Crippen LogP contribution < -0.4 is 0 Å². The van der Waals surface area contributed by atoms with Gasteiger partial charge in [-0.05, 0) is 0 Å². The first-order valence-corrected chi connectivity index (χ1v) is 7.70. The predicted molar refractivity (Wildman–Crippen MR) is 38.5 cm³/mol. The Morgan fingerprint density at radius 2 is 2.10 bits per heavy atom. The molecule has 1 aliphatic carbocycles. The van der Waals surface area contributed by atoms with E-state index in [4.69, 9.17) is 4.74 Å². The van der Waals surface area contributed by atoms with Crippen molar-refractivity contribution in [2.45, 2.75) is 4.63 Å². The number of ether oxygens (including phenoxy) is 1. The van der Waals surface area contributed by atoms with Crippen molar-refractivity contribution in [2.24, 2.45) is 5.92 Å². The van der Waals surface area contributed by atoms with Gasteiger partial charge in [-0.3, -0.25) is 0 Å². The molecule has 0 heterocycles. The second-order valence-corrected chi connectivity index (χ2v) is 4.75. The summed E-state index contributed by atoms with van der Waals surface area (Å²) in [6.07, 6.45) is 8.53. The molecule has 1 nitrogen and oxygen atoms in total. The van der Waals surface area contributed by atoms with Crippen LogP contribution >= 0.6 is 0 Å². The van der Waals surface area contributed by atoms with Gasteiger partial charge in [-0.2, -0.15) is 0 Å². The van der Waals surface area contributed by atoms with Crippen molar-refractivity contribution < 1.29 is 28.0 Å². The number of allylic oxidation sites excluding steroid dienone is 2. The third-order valence-corrected chi connectivity index (χ3v) is 2.60. The summed E-state index contributed by atoms with van der Waals surface area (Å²) < 4.78 is 8.79. The zero-order valence-corrected chi connectivity index (χ0v) is 8.67. The maximum absolute atomic E-state index is 5.44. The molecule has 0 aromatic heterocycles. The quantitative estimate of drug-likeness (QED) is 0.650. The molecular weight excluding hydrogens is 203 g/mol. The van der Waals surface area contributed by atoms with Crippen LogP contribution in [0.4, 0.5) is 0 Å². The molecule has 0 amide bonds. The van der Waals surface area contributed by atoms with Gasteiger partial charge in [0.05, 0.1) is 0 Å². The Morgan fingerprint density at radius 3 is 2.70 bits per heavy atom. The monoisotopic (exact) mass is 214 g/mol. The molecule has 0 aromatic rings. The second-order valence-electron chi connectivity index (χ2n) is 2.30. The van der Waals surface area contributed by atoms with E-state index in [2.05, 4.69) is 28.9 Å². The zero-order chi connectivity index (χ0) is 7.23. The average Bonchev–Trinajstić information content (AvgIpc) is 2.41. The van der Waals surface area contributed by atoms with Crippen LogP contribution in [-0.2, 0) is 28.0 Å². The topological polar surface area (TPSA) is 9.23 Å². The van der Waals surface area contributed by atoms with Crippen LogP contribution in [0.15, 0.2) is 24.3 Å². The van der Waals surface area contributed by atoms with Gasteiger partial charge in [-0.1, -0.05) is 0 Å². The van der Waals surface area contributed by atoms with Crippen molar-refractivity contribution in [3.63, 3.8) is 0 Å². The Hall–Kier alpha value is 0.323. The first-order valence-electron chi connectivity index (χ1n) is 3.51. The van der Waals surface area contributed by atoms with E-state index in [1.54, 1.807) is 0 Å². The molecule has 2 heteroatoms. The first kappa shape index (κ1) is 8.42. The van der Waals surface area contributed by atoms with Gasteiger partial charge in [0.15, 0.2) is 0 Å². The summed E-state index contributed by atoms with van der Waals surface area (Å²) in [5.41, 5.74) is 0. The van der Waals surface area contributed by atoms with E-state index in [0.717, 1.165) is 10.9 Å². The molecule has 0 bridgehead atoms. The van der Waals surface area contributed by atoms with E-state index < -0.39 is 0 Å². The third kappa shape index (κ3) is 2.94. The van der Waals surface area contributed by atoms with Crippen LogP contribution in [0.1, 0.15) is 0 Å². The molecule has 1 aliphatic rings. The van der Waals surface area contributed by atoms with E-state index in [-0.39, 0.29) is 23.2 Å². The van der Waals surface area contributed by atoms with Crippen LogP contribution in [0.25, 0.3) is 0 Å². The molecule has 1 rings (SSSR count). The molecule has 0 radical (unpaired) electrons. The van der Waals surface area contributed by atoms with Crippen molar-refractivity contribution in [1.29, 1.82) is 0 Å². The molecule has 0 spiro atoms. The Balaban J connectivity index is 2.03. The van der Waals surface area contributed by atoms with E-state index in [1.807, 2.05) is 0 Å². The van der Waals surface area contributed by atoms with Gasteiger partial charge in [-0.25, -0.2) is 0 Å². The predicted octanol–water partition coefficient (Wildman–Crippen LogP) is 1.83. The Morgan fingerprint density at radius 1 is 1.40 bits per heavy atom.